The van der Waals surface area contributed by atoms with Crippen LogP contribution in [-0.2, 0) is 6.54 Å². The monoisotopic (exact) mass is 333 g/mol. The van der Waals surface area contributed by atoms with Gasteiger partial charge in [0.05, 0.1) is 13.2 Å². The van der Waals surface area contributed by atoms with Crippen LogP contribution in [0, 0.1) is 6.92 Å². The number of aryl methyl sites for hydroxylation is 1. The smallest absolute Gasteiger partial charge is 0.272 e. The summed E-state index contributed by atoms with van der Waals surface area (Å²) in [5.74, 6) is 0.186. The maximum absolute atomic E-state index is 12.6. The first-order valence-corrected chi connectivity index (χ1v) is 7.73. The molecule has 0 saturated heterocycles. The molecule has 0 atom stereocenters. The number of tetrazole rings is 1. The van der Waals surface area contributed by atoms with Gasteiger partial charge in [-0.2, -0.15) is 9.78 Å². The fourth-order valence-electron chi connectivity index (χ4n) is 2.11. The summed E-state index contributed by atoms with van der Waals surface area (Å²) in [6, 6.07) is 5.56. The summed E-state index contributed by atoms with van der Waals surface area (Å²) < 4.78 is 1.35. The number of carbonyl (C=O) groups is 1. The van der Waals surface area contributed by atoms with Crippen LogP contribution >= 0.6 is 11.3 Å². The fourth-order valence-corrected chi connectivity index (χ4v) is 3.01. The molecule has 9 nitrogen and oxygen atoms in total. The molecule has 0 radical (unpaired) electrons. The molecule has 1 amide bonds. The number of aromatic amines is 1. The van der Waals surface area contributed by atoms with Gasteiger partial charge in [-0.15, -0.1) is 16.4 Å². The van der Waals surface area contributed by atoms with E-state index < -0.39 is 0 Å². The minimum absolute atomic E-state index is 0.107. The molecule has 0 aliphatic carbocycles. The SMILES string of the molecule is Cc1ccc(CN(CCO)C(=O)c2cc(-n3cnnn3)n[nH]2)s1. The lowest BCUT2D eigenvalue weighted by molar-refractivity contribution is 0.0704. The average molecular weight is 333 g/mol. The summed E-state index contributed by atoms with van der Waals surface area (Å²) in [5.41, 5.74) is 0.317. The van der Waals surface area contributed by atoms with E-state index in [2.05, 4.69) is 25.7 Å². The summed E-state index contributed by atoms with van der Waals surface area (Å²) in [7, 11) is 0. The molecule has 3 aromatic heterocycles. The van der Waals surface area contributed by atoms with Crippen LogP contribution < -0.4 is 0 Å². The van der Waals surface area contributed by atoms with Gasteiger partial charge in [0, 0.05) is 22.4 Å². The Morgan fingerprint density at radius 3 is 3.00 bits per heavy atom. The Hall–Kier alpha value is -2.59. The van der Waals surface area contributed by atoms with Crippen LogP contribution in [-0.4, -0.2) is 59.5 Å². The summed E-state index contributed by atoms with van der Waals surface area (Å²) in [4.78, 5) is 16.4. The maximum atomic E-state index is 12.6. The maximum Gasteiger partial charge on any atom is 0.272 e. The Kier molecular flexibility index (Phi) is 4.44. The van der Waals surface area contributed by atoms with Gasteiger partial charge in [0.2, 0.25) is 0 Å². The Bertz CT molecular complexity index is 780. The zero-order chi connectivity index (χ0) is 16.2. The number of nitrogens with zero attached hydrogens (tertiary/aromatic N) is 6. The predicted octanol–water partition coefficient (Wildman–Crippen LogP) is 0.390. The third-order valence-corrected chi connectivity index (χ3v) is 4.16. The molecule has 0 bridgehead atoms. The predicted molar refractivity (Wildman–Crippen MR) is 82.2 cm³/mol. The highest BCUT2D eigenvalue weighted by Gasteiger charge is 2.19. The van der Waals surface area contributed by atoms with Crippen molar-refractivity contribution in [3.05, 3.63) is 40.0 Å². The van der Waals surface area contributed by atoms with Gasteiger partial charge in [0.1, 0.15) is 12.0 Å². The van der Waals surface area contributed by atoms with Crippen molar-refractivity contribution in [1.82, 2.24) is 35.3 Å². The first kappa shape index (κ1) is 15.3. The molecule has 10 heteroatoms. The molecule has 0 aliphatic heterocycles. The summed E-state index contributed by atoms with van der Waals surface area (Å²) >= 11 is 1.63. The van der Waals surface area contributed by atoms with Crippen LogP contribution in [0.5, 0.6) is 0 Å². The van der Waals surface area contributed by atoms with Gasteiger partial charge in [0.15, 0.2) is 5.82 Å². The van der Waals surface area contributed by atoms with E-state index in [1.165, 1.54) is 15.9 Å². The average Bonchev–Trinajstić information content (AvgIpc) is 3.27. The molecule has 0 aliphatic rings. The Labute approximate surface area is 135 Å². The highest BCUT2D eigenvalue weighted by molar-refractivity contribution is 7.11. The van der Waals surface area contributed by atoms with E-state index in [4.69, 9.17) is 0 Å². The van der Waals surface area contributed by atoms with Gasteiger partial charge >= 0.3 is 0 Å². The third kappa shape index (κ3) is 3.43. The van der Waals surface area contributed by atoms with E-state index in [1.54, 1.807) is 22.3 Å². The molecule has 0 spiro atoms. The van der Waals surface area contributed by atoms with Crippen LogP contribution in [0.1, 0.15) is 20.2 Å². The van der Waals surface area contributed by atoms with Crippen LogP contribution in [0.4, 0.5) is 0 Å². The Morgan fingerprint density at radius 1 is 1.48 bits per heavy atom. The van der Waals surface area contributed by atoms with Gasteiger partial charge < -0.3 is 10.0 Å². The highest BCUT2D eigenvalue weighted by Crippen LogP contribution is 2.18. The topological polar surface area (TPSA) is 113 Å². The molecule has 120 valence electrons. The summed E-state index contributed by atoms with van der Waals surface area (Å²) in [5, 5.41) is 26.7. The molecule has 0 saturated carbocycles. The number of hydrogen-bond donors (Lipinski definition) is 2. The number of amides is 1. The van der Waals surface area contributed by atoms with Crippen molar-refractivity contribution in [3.63, 3.8) is 0 Å². The van der Waals surface area contributed by atoms with Crippen molar-refractivity contribution in [3.8, 4) is 5.82 Å². The zero-order valence-corrected chi connectivity index (χ0v) is 13.2. The summed E-state index contributed by atoms with van der Waals surface area (Å²) in [6.07, 6.45) is 1.39. The van der Waals surface area contributed by atoms with E-state index in [-0.39, 0.29) is 19.1 Å². The van der Waals surface area contributed by atoms with Gasteiger partial charge in [-0.3, -0.25) is 9.89 Å². The van der Waals surface area contributed by atoms with E-state index in [1.807, 2.05) is 19.1 Å². The van der Waals surface area contributed by atoms with Gasteiger partial charge in [0.25, 0.3) is 5.91 Å². The normalized spacial score (nSPS) is 10.9. The molecular formula is C13H15N7O2S. The Morgan fingerprint density at radius 2 is 2.35 bits per heavy atom. The lowest BCUT2D eigenvalue weighted by Gasteiger charge is -2.20. The molecule has 0 aromatic carbocycles. The number of thiophene rings is 1. The molecular weight excluding hydrogens is 318 g/mol. The number of carbonyl (C=O) groups excluding carboxylic acids is 1. The van der Waals surface area contributed by atoms with E-state index in [9.17, 15) is 9.90 Å². The molecule has 3 rings (SSSR count). The number of aromatic nitrogens is 6. The number of aliphatic hydroxyl groups excluding tert-OH is 1. The van der Waals surface area contributed by atoms with Crippen LogP contribution in [0.25, 0.3) is 5.82 Å². The quantitative estimate of drug-likeness (QED) is 0.675. The van der Waals surface area contributed by atoms with Crippen molar-refractivity contribution >= 4 is 17.2 Å². The van der Waals surface area contributed by atoms with Crippen molar-refractivity contribution in [2.24, 2.45) is 0 Å². The van der Waals surface area contributed by atoms with Crippen molar-refractivity contribution < 1.29 is 9.90 Å². The molecule has 2 N–H and O–H groups in total. The van der Waals surface area contributed by atoms with Crippen LogP contribution in [0.3, 0.4) is 0 Å². The minimum Gasteiger partial charge on any atom is -0.395 e. The number of nitrogens with one attached hydrogen (secondary N) is 1. The second-order valence-corrected chi connectivity index (χ2v) is 6.23. The highest BCUT2D eigenvalue weighted by atomic mass is 32.1. The summed E-state index contributed by atoms with van der Waals surface area (Å²) in [6.45, 7) is 2.59. The molecule has 3 heterocycles. The van der Waals surface area contributed by atoms with Crippen molar-refractivity contribution in [2.45, 2.75) is 13.5 Å². The minimum atomic E-state index is -0.239. The molecule has 23 heavy (non-hydrogen) atoms. The second-order valence-electron chi connectivity index (χ2n) is 4.86. The first-order valence-electron chi connectivity index (χ1n) is 6.91. The zero-order valence-electron chi connectivity index (χ0n) is 12.4. The largest absolute Gasteiger partial charge is 0.395 e. The van der Waals surface area contributed by atoms with Crippen LogP contribution in [0.15, 0.2) is 24.5 Å². The lowest BCUT2D eigenvalue weighted by Crippen LogP contribution is -2.33. The number of rotatable bonds is 6. The number of hydrogen-bond acceptors (Lipinski definition) is 7. The fraction of sp³-hybridized carbons (Fsp3) is 0.308. The van der Waals surface area contributed by atoms with Crippen molar-refractivity contribution in [1.29, 1.82) is 0 Å². The van der Waals surface area contributed by atoms with Gasteiger partial charge in [-0.05, 0) is 29.5 Å². The first-order chi connectivity index (χ1) is 11.2. The third-order valence-electron chi connectivity index (χ3n) is 3.18. The molecule has 0 unspecified atom stereocenters. The van der Waals surface area contributed by atoms with Gasteiger partial charge in [-0.25, -0.2) is 0 Å². The molecule has 3 aromatic rings. The van der Waals surface area contributed by atoms with E-state index in [0.29, 0.717) is 18.1 Å². The second kappa shape index (κ2) is 6.67. The van der Waals surface area contributed by atoms with E-state index >= 15 is 0 Å². The Balaban J connectivity index is 1.78. The van der Waals surface area contributed by atoms with Gasteiger partial charge in [-0.1, -0.05) is 0 Å². The molecule has 0 fully saturated rings. The van der Waals surface area contributed by atoms with E-state index in [0.717, 1.165) is 4.88 Å². The standard InChI is InChI=1S/C13H15N7O2S/c1-9-2-3-10(23-9)7-19(4-5-21)13(22)11-6-12(16-15-11)20-8-14-17-18-20/h2-3,6,8,21H,4-5,7H2,1H3,(H,15,16). The van der Waals surface area contributed by atoms with Crippen LogP contribution in [0.2, 0.25) is 0 Å². The number of H-pyrrole nitrogens is 1. The lowest BCUT2D eigenvalue weighted by atomic mass is 10.3. The van der Waals surface area contributed by atoms with Crippen molar-refractivity contribution in [2.75, 3.05) is 13.2 Å². The number of aliphatic hydroxyl groups is 1.